The normalized spacial score (nSPS) is 12.6. The first-order valence-corrected chi connectivity index (χ1v) is 6.75. The molecule has 90 valence electrons. The van der Waals surface area contributed by atoms with Crippen LogP contribution in [0.15, 0.2) is 39.8 Å². The van der Waals surface area contributed by atoms with Crippen LogP contribution in [0.2, 0.25) is 0 Å². The van der Waals surface area contributed by atoms with E-state index in [1.54, 1.807) is 18.0 Å². The maximum Gasteiger partial charge on any atom is 0.211 e. The Labute approximate surface area is 106 Å². The molecule has 0 aliphatic carbocycles. The van der Waals surface area contributed by atoms with Crippen molar-refractivity contribution in [3.63, 3.8) is 0 Å². The smallest absolute Gasteiger partial charge is 0.211 e. The highest BCUT2D eigenvalue weighted by molar-refractivity contribution is 7.98. The van der Waals surface area contributed by atoms with Gasteiger partial charge in [0, 0.05) is 10.5 Å². The van der Waals surface area contributed by atoms with E-state index in [1.807, 2.05) is 26.1 Å². The van der Waals surface area contributed by atoms with Crippen LogP contribution < -0.4 is 5.32 Å². The summed E-state index contributed by atoms with van der Waals surface area (Å²) in [5.74, 6) is 1.55. The van der Waals surface area contributed by atoms with Crippen molar-refractivity contribution in [2.24, 2.45) is 0 Å². The van der Waals surface area contributed by atoms with Crippen molar-refractivity contribution in [3.8, 4) is 11.3 Å². The van der Waals surface area contributed by atoms with Gasteiger partial charge >= 0.3 is 0 Å². The first kappa shape index (κ1) is 12.2. The molecular formula is C13H16N2OS. The summed E-state index contributed by atoms with van der Waals surface area (Å²) in [6.45, 7) is 2.02. The SMILES string of the molecule is CNC(C)c1ncc(-c2ccccc2SC)o1. The van der Waals surface area contributed by atoms with Gasteiger partial charge in [0.15, 0.2) is 5.76 Å². The Kier molecular flexibility index (Phi) is 3.86. The van der Waals surface area contributed by atoms with Crippen molar-refractivity contribution in [2.45, 2.75) is 17.9 Å². The van der Waals surface area contributed by atoms with Crippen LogP contribution in [0.4, 0.5) is 0 Å². The van der Waals surface area contributed by atoms with Gasteiger partial charge in [-0.3, -0.25) is 0 Å². The third-order valence-corrected chi connectivity index (χ3v) is 3.50. The van der Waals surface area contributed by atoms with Crippen LogP contribution in [0, 0.1) is 0 Å². The molecular weight excluding hydrogens is 232 g/mol. The molecule has 1 aromatic carbocycles. The number of aromatic nitrogens is 1. The average molecular weight is 248 g/mol. The summed E-state index contributed by atoms with van der Waals surface area (Å²) in [5, 5.41) is 3.11. The highest BCUT2D eigenvalue weighted by atomic mass is 32.2. The van der Waals surface area contributed by atoms with Gasteiger partial charge in [-0.15, -0.1) is 11.8 Å². The molecule has 0 saturated heterocycles. The molecule has 3 nitrogen and oxygen atoms in total. The monoisotopic (exact) mass is 248 g/mol. The van der Waals surface area contributed by atoms with E-state index in [2.05, 4.69) is 28.7 Å². The van der Waals surface area contributed by atoms with E-state index in [0.29, 0.717) is 0 Å². The molecule has 2 rings (SSSR count). The lowest BCUT2D eigenvalue weighted by Crippen LogP contribution is -2.12. The van der Waals surface area contributed by atoms with E-state index in [-0.39, 0.29) is 6.04 Å². The van der Waals surface area contributed by atoms with Crippen LogP contribution in [0.3, 0.4) is 0 Å². The van der Waals surface area contributed by atoms with Crippen LogP contribution >= 0.6 is 11.8 Å². The Bertz CT molecular complexity index is 496. The summed E-state index contributed by atoms with van der Waals surface area (Å²) in [4.78, 5) is 5.50. The second-order valence-electron chi connectivity index (χ2n) is 3.77. The molecule has 0 aliphatic heterocycles. The maximum atomic E-state index is 5.78. The van der Waals surface area contributed by atoms with Gasteiger partial charge in [0.25, 0.3) is 0 Å². The molecule has 1 atom stereocenters. The minimum Gasteiger partial charge on any atom is -0.439 e. The highest BCUT2D eigenvalue weighted by Crippen LogP contribution is 2.31. The van der Waals surface area contributed by atoms with Crippen molar-refractivity contribution in [2.75, 3.05) is 13.3 Å². The van der Waals surface area contributed by atoms with Crippen molar-refractivity contribution in [1.82, 2.24) is 10.3 Å². The number of hydrogen-bond donors (Lipinski definition) is 1. The molecule has 0 radical (unpaired) electrons. The van der Waals surface area contributed by atoms with E-state index in [0.717, 1.165) is 17.2 Å². The molecule has 0 bridgehead atoms. The van der Waals surface area contributed by atoms with E-state index < -0.39 is 0 Å². The van der Waals surface area contributed by atoms with Gasteiger partial charge < -0.3 is 9.73 Å². The summed E-state index contributed by atoms with van der Waals surface area (Å²) in [5.41, 5.74) is 1.10. The fourth-order valence-corrected chi connectivity index (χ4v) is 2.19. The number of nitrogens with zero attached hydrogens (tertiary/aromatic N) is 1. The second-order valence-corrected chi connectivity index (χ2v) is 4.62. The third-order valence-electron chi connectivity index (χ3n) is 2.70. The number of nitrogens with one attached hydrogen (secondary N) is 1. The molecule has 0 fully saturated rings. The number of oxazole rings is 1. The zero-order valence-electron chi connectivity index (χ0n) is 10.2. The number of hydrogen-bond acceptors (Lipinski definition) is 4. The predicted octanol–water partition coefficient (Wildman–Crippen LogP) is 3.34. The lowest BCUT2D eigenvalue weighted by molar-refractivity contribution is 0.441. The van der Waals surface area contributed by atoms with Gasteiger partial charge in [-0.2, -0.15) is 0 Å². The summed E-state index contributed by atoms with van der Waals surface area (Å²) in [6.07, 6.45) is 3.85. The Balaban J connectivity index is 2.37. The molecule has 1 aromatic heterocycles. The number of thioether (sulfide) groups is 1. The Morgan fingerprint density at radius 2 is 2.12 bits per heavy atom. The predicted molar refractivity (Wildman–Crippen MR) is 71.2 cm³/mol. The van der Waals surface area contributed by atoms with E-state index in [9.17, 15) is 0 Å². The number of rotatable bonds is 4. The molecule has 1 unspecified atom stereocenters. The summed E-state index contributed by atoms with van der Waals surface area (Å²) >= 11 is 1.71. The maximum absolute atomic E-state index is 5.78. The standard InChI is InChI=1S/C13H16N2OS/c1-9(14-2)13-15-8-11(16-13)10-6-4-5-7-12(10)17-3/h4-9,14H,1-3H3. The molecule has 1 N–H and O–H groups in total. The van der Waals surface area contributed by atoms with E-state index in [1.165, 1.54) is 4.90 Å². The Morgan fingerprint density at radius 3 is 2.82 bits per heavy atom. The van der Waals surface area contributed by atoms with Crippen LogP contribution in [0.5, 0.6) is 0 Å². The minimum absolute atomic E-state index is 0.130. The zero-order chi connectivity index (χ0) is 12.3. The quantitative estimate of drug-likeness (QED) is 0.842. The van der Waals surface area contributed by atoms with Crippen molar-refractivity contribution < 1.29 is 4.42 Å². The summed E-state index contributed by atoms with van der Waals surface area (Å²) in [6, 6.07) is 8.32. The Morgan fingerprint density at radius 1 is 1.35 bits per heavy atom. The van der Waals surface area contributed by atoms with Gasteiger partial charge in [0.05, 0.1) is 12.2 Å². The Hall–Kier alpha value is -1.26. The molecule has 1 heterocycles. The van der Waals surface area contributed by atoms with Crippen LogP contribution in [0.1, 0.15) is 18.9 Å². The topological polar surface area (TPSA) is 38.1 Å². The van der Waals surface area contributed by atoms with Crippen LogP contribution in [-0.4, -0.2) is 18.3 Å². The second kappa shape index (κ2) is 5.38. The van der Waals surface area contributed by atoms with Gasteiger partial charge in [0.2, 0.25) is 5.89 Å². The van der Waals surface area contributed by atoms with Crippen LogP contribution in [-0.2, 0) is 0 Å². The first-order valence-electron chi connectivity index (χ1n) is 5.52. The van der Waals surface area contributed by atoms with E-state index in [4.69, 9.17) is 4.42 Å². The molecule has 0 amide bonds. The van der Waals surface area contributed by atoms with Crippen molar-refractivity contribution in [3.05, 3.63) is 36.4 Å². The lowest BCUT2D eigenvalue weighted by atomic mass is 10.2. The average Bonchev–Trinajstić information content (AvgIpc) is 2.87. The minimum atomic E-state index is 0.130. The van der Waals surface area contributed by atoms with Gasteiger partial charge in [-0.05, 0) is 26.3 Å². The fraction of sp³-hybridized carbons (Fsp3) is 0.308. The van der Waals surface area contributed by atoms with Gasteiger partial charge in [-0.25, -0.2) is 4.98 Å². The number of benzene rings is 1. The summed E-state index contributed by atoms with van der Waals surface area (Å²) in [7, 11) is 1.89. The van der Waals surface area contributed by atoms with Crippen molar-refractivity contribution >= 4 is 11.8 Å². The molecule has 17 heavy (non-hydrogen) atoms. The third kappa shape index (κ3) is 2.53. The van der Waals surface area contributed by atoms with Crippen molar-refractivity contribution in [1.29, 1.82) is 0 Å². The van der Waals surface area contributed by atoms with Crippen LogP contribution in [0.25, 0.3) is 11.3 Å². The zero-order valence-corrected chi connectivity index (χ0v) is 11.0. The highest BCUT2D eigenvalue weighted by Gasteiger charge is 2.13. The molecule has 0 saturated carbocycles. The molecule has 4 heteroatoms. The molecule has 0 aliphatic rings. The van der Waals surface area contributed by atoms with E-state index >= 15 is 0 Å². The largest absolute Gasteiger partial charge is 0.439 e. The molecule has 2 aromatic rings. The molecule has 0 spiro atoms. The lowest BCUT2D eigenvalue weighted by Gasteiger charge is -2.05. The fourth-order valence-electron chi connectivity index (χ4n) is 1.58. The summed E-state index contributed by atoms with van der Waals surface area (Å²) < 4.78 is 5.78. The van der Waals surface area contributed by atoms with Gasteiger partial charge in [0.1, 0.15) is 0 Å². The van der Waals surface area contributed by atoms with Gasteiger partial charge in [-0.1, -0.05) is 18.2 Å². The first-order chi connectivity index (χ1) is 8.26.